The number of hydrogen-bond acceptors (Lipinski definition) is 4. The maximum Gasteiger partial charge on any atom is 0.127 e. The fraction of sp³-hybridized carbons (Fsp3) is 0.250. The first-order valence-electron chi connectivity index (χ1n) is 6.66. The Bertz CT molecular complexity index is 654. The highest BCUT2D eigenvalue weighted by atomic mass is 19.1. The zero-order valence-electron chi connectivity index (χ0n) is 11.5. The summed E-state index contributed by atoms with van der Waals surface area (Å²) < 4.78 is 24.5. The second-order valence-electron chi connectivity index (χ2n) is 5.10. The SMILES string of the molecule is COc1ccc2c(c1)C(N)CC(c1cc(O)cc(F)c1)O2. The van der Waals surface area contributed by atoms with E-state index in [1.807, 2.05) is 6.07 Å². The van der Waals surface area contributed by atoms with Crippen molar-refractivity contribution in [3.8, 4) is 17.2 Å². The number of ether oxygens (including phenoxy) is 2. The highest BCUT2D eigenvalue weighted by molar-refractivity contribution is 5.44. The van der Waals surface area contributed by atoms with E-state index in [0.29, 0.717) is 17.7 Å². The lowest BCUT2D eigenvalue weighted by Crippen LogP contribution is -2.24. The monoisotopic (exact) mass is 289 g/mol. The Labute approximate surface area is 121 Å². The van der Waals surface area contributed by atoms with Gasteiger partial charge in [-0.1, -0.05) is 0 Å². The Hall–Kier alpha value is -2.27. The van der Waals surface area contributed by atoms with Gasteiger partial charge in [-0.05, 0) is 35.9 Å². The van der Waals surface area contributed by atoms with Gasteiger partial charge in [0.1, 0.15) is 29.2 Å². The van der Waals surface area contributed by atoms with Gasteiger partial charge in [-0.3, -0.25) is 0 Å². The van der Waals surface area contributed by atoms with Crippen LogP contribution in [0.15, 0.2) is 36.4 Å². The summed E-state index contributed by atoms with van der Waals surface area (Å²) in [5, 5.41) is 9.51. The molecule has 0 aliphatic carbocycles. The van der Waals surface area contributed by atoms with E-state index in [1.165, 1.54) is 12.1 Å². The molecule has 2 unspecified atom stereocenters. The fourth-order valence-electron chi connectivity index (χ4n) is 2.60. The summed E-state index contributed by atoms with van der Waals surface area (Å²) >= 11 is 0. The molecule has 110 valence electrons. The highest BCUT2D eigenvalue weighted by Gasteiger charge is 2.28. The third-order valence-corrected chi connectivity index (χ3v) is 3.63. The van der Waals surface area contributed by atoms with Gasteiger partial charge < -0.3 is 20.3 Å². The molecule has 0 saturated carbocycles. The summed E-state index contributed by atoms with van der Waals surface area (Å²) in [7, 11) is 1.59. The van der Waals surface area contributed by atoms with Crippen LogP contribution in [0.5, 0.6) is 17.2 Å². The molecule has 0 aromatic heterocycles. The second kappa shape index (κ2) is 5.26. The van der Waals surface area contributed by atoms with Crippen LogP contribution in [-0.4, -0.2) is 12.2 Å². The summed E-state index contributed by atoms with van der Waals surface area (Å²) in [6.45, 7) is 0. The lowest BCUT2D eigenvalue weighted by Gasteiger charge is -2.31. The third kappa shape index (κ3) is 2.64. The zero-order chi connectivity index (χ0) is 15.0. The van der Waals surface area contributed by atoms with Crippen LogP contribution < -0.4 is 15.2 Å². The smallest absolute Gasteiger partial charge is 0.127 e. The number of nitrogens with two attached hydrogens (primary N) is 1. The standard InChI is InChI=1S/C16H16FNO3/c1-20-12-2-3-15-13(7-12)14(18)8-16(21-15)9-4-10(17)6-11(19)5-9/h2-7,14,16,19H,8,18H2,1H3. The molecule has 21 heavy (non-hydrogen) atoms. The van der Waals surface area contributed by atoms with Crippen molar-refractivity contribution in [3.63, 3.8) is 0 Å². The zero-order valence-corrected chi connectivity index (χ0v) is 11.5. The van der Waals surface area contributed by atoms with Crippen LogP contribution in [0.3, 0.4) is 0 Å². The number of rotatable bonds is 2. The summed E-state index contributed by atoms with van der Waals surface area (Å²) in [5.74, 6) is 0.753. The molecule has 2 aromatic rings. The number of fused-ring (bicyclic) bond motifs is 1. The molecule has 1 heterocycles. The molecular weight excluding hydrogens is 273 g/mol. The molecule has 5 heteroatoms. The number of phenolic OH excluding ortho intramolecular Hbond substituents is 1. The molecule has 0 saturated heterocycles. The molecule has 1 aliphatic rings. The van der Waals surface area contributed by atoms with E-state index in [-0.39, 0.29) is 17.9 Å². The molecular formula is C16H16FNO3. The van der Waals surface area contributed by atoms with Crippen molar-refractivity contribution in [2.45, 2.75) is 18.6 Å². The van der Waals surface area contributed by atoms with Crippen molar-refractivity contribution < 1.29 is 19.0 Å². The number of aromatic hydroxyl groups is 1. The van der Waals surface area contributed by atoms with Crippen molar-refractivity contribution in [1.82, 2.24) is 0 Å². The van der Waals surface area contributed by atoms with Gasteiger partial charge in [0.05, 0.1) is 7.11 Å². The van der Waals surface area contributed by atoms with E-state index >= 15 is 0 Å². The average Bonchev–Trinajstić information content (AvgIpc) is 2.46. The van der Waals surface area contributed by atoms with Gasteiger partial charge >= 0.3 is 0 Å². The molecule has 3 rings (SSSR count). The number of benzene rings is 2. The van der Waals surface area contributed by atoms with Crippen molar-refractivity contribution in [1.29, 1.82) is 0 Å². The molecule has 2 aromatic carbocycles. The van der Waals surface area contributed by atoms with E-state index < -0.39 is 5.82 Å². The van der Waals surface area contributed by atoms with Gasteiger partial charge in [-0.2, -0.15) is 0 Å². The number of phenols is 1. The van der Waals surface area contributed by atoms with E-state index in [2.05, 4.69) is 0 Å². The minimum absolute atomic E-state index is 0.123. The molecule has 1 aliphatic heterocycles. The normalized spacial score (nSPS) is 20.5. The fourth-order valence-corrected chi connectivity index (χ4v) is 2.60. The lowest BCUT2D eigenvalue weighted by atomic mass is 9.93. The van der Waals surface area contributed by atoms with Gasteiger partial charge in [0, 0.05) is 24.1 Å². The van der Waals surface area contributed by atoms with Gasteiger partial charge in [0.2, 0.25) is 0 Å². The topological polar surface area (TPSA) is 64.7 Å². The largest absolute Gasteiger partial charge is 0.508 e. The highest BCUT2D eigenvalue weighted by Crippen LogP contribution is 2.41. The van der Waals surface area contributed by atoms with Crippen LogP contribution in [0.1, 0.15) is 29.7 Å². The molecule has 4 nitrogen and oxygen atoms in total. The van der Waals surface area contributed by atoms with E-state index in [0.717, 1.165) is 17.4 Å². The molecule has 0 amide bonds. The molecule has 2 atom stereocenters. The first kappa shape index (κ1) is 13.7. The Kier molecular flexibility index (Phi) is 3.43. The van der Waals surface area contributed by atoms with Gasteiger partial charge in [0.25, 0.3) is 0 Å². The Morgan fingerprint density at radius 3 is 2.81 bits per heavy atom. The van der Waals surface area contributed by atoms with Gasteiger partial charge in [-0.25, -0.2) is 4.39 Å². The number of hydrogen-bond donors (Lipinski definition) is 2. The lowest BCUT2D eigenvalue weighted by molar-refractivity contribution is 0.160. The quantitative estimate of drug-likeness (QED) is 0.891. The second-order valence-corrected chi connectivity index (χ2v) is 5.10. The maximum atomic E-state index is 13.4. The summed E-state index contributed by atoms with van der Waals surface area (Å²) in [6.07, 6.45) is 0.116. The Morgan fingerprint density at radius 1 is 1.29 bits per heavy atom. The summed E-state index contributed by atoms with van der Waals surface area (Å²) in [4.78, 5) is 0. The summed E-state index contributed by atoms with van der Waals surface area (Å²) in [5.41, 5.74) is 7.62. The average molecular weight is 289 g/mol. The van der Waals surface area contributed by atoms with Crippen LogP contribution in [0, 0.1) is 5.82 Å². The molecule has 3 N–H and O–H groups in total. The predicted octanol–water partition coefficient (Wildman–Crippen LogP) is 3.06. The molecule has 0 bridgehead atoms. The number of methoxy groups -OCH3 is 1. The first-order chi connectivity index (χ1) is 10.1. The van der Waals surface area contributed by atoms with Crippen molar-refractivity contribution in [2.24, 2.45) is 5.73 Å². The molecule has 0 spiro atoms. The van der Waals surface area contributed by atoms with Crippen LogP contribution in [0.4, 0.5) is 4.39 Å². The van der Waals surface area contributed by atoms with E-state index in [9.17, 15) is 9.50 Å². The van der Waals surface area contributed by atoms with Gasteiger partial charge in [0.15, 0.2) is 0 Å². The third-order valence-electron chi connectivity index (χ3n) is 3.63. The number of halogens is 1. The van der Waals surface area contributed by atoms with Crippen molar-refractivity contribution in [3.05, 3.63) is 53.3 Å². The summed E-state index contributed by atoms with van der Waals surface area (Å²) in [6, 6.07) is 9.10. The molecule has 0 fully saturated rings. The first-order valence-corrected chi connectivity index (χ1v) is 6.66. The Balaban J connectivity index is 1.94. The van der Waals surface area contributed by atoms with E-state index in [1.54, 1.807) is 19.2 Å². The predicted molar refractivity (Wildman–Crippen MR) is 76.0 cm³/mol. The maximum absolute atomic E-state index is 13.4. The van der Waals surface area contributed by atoms with Crippen LogP contribution in [0.25, 0.3) is 0 Å². The van der Waals surface area contributed by atoms with E-state index in [4.69, 9.17) is 15.2 Å². The van der Waals surface area contributed by atoms with Crippen molar-refractivity contribution in [2.75, 3.05) is 7.11 Å². The van der Waals surface area contributed by atoms with Crippen LogP contribution >= 0.6 is 0 Å². The van der Waals surface area contributed by atoms with Gasteiger partial charge in [-0.15, -0.1) is 0 Å². The Morgan fingerprint density at radius 2 is 2.10 bits per heavy atom. The van der Waals surface area contributed by atoms with Crippen molar-refractivity contribution >= 4 is 0 Å². The minimum Gasteiger partial charge on any atom is -0.508 e. The van der Waals surface area contributed by atoms with Crippen LogP contribution in [-0.2, 0) is 0 Å². The minimum atomic E-state index is -0.498. The van der Waals surface area contributed by atoms with Crippen LogP contribution in [0.2, 0.25) is 0 Å². The molecule has 0 radical (unpaired) electrons.